The van der Waals surface area contributed by atoms with E-state index in [9.17, 15) is 0 Å². The summed E-state index contributed by atoms with van der Waals surface area (Å²) in [6.45, 7) is 9.13. The molecule has 0 aromatic rings. The van der Waals surface area contributed by atoms with Crippen LogP contribution in [0.15, 0.2) is 0 Å². The van der Waals surface area contributed by atoms with E-state index in [1.54, 1.807) is 0 Å². The largest absolute Gasteiger partial charge is 0.235 e. The van der Waals surface area contributed by atoms with Gasteiger partial charge in [0.2, 0.25) is 0 Å². The SMILES string of the molecule is CC[N]NC(C)(C)C. The van der Waals surface area contributed by atoms with Gasteiger partial charge < -0.3 is 0 Å². The molecule has 0 atom stereocenters. The molecule has 49 valence electrons. The van der Waals surface area contributed by atoms with Crippen LogP contribution in [0.2, 0.25) is 0 Å². The summed E-state index contributed by atoms with van der Waals surface area (Å²) in [5.41, 5.74) is 7.12. The quantitative estimate of drug-likeness (QED) is 0.532. The van der Waals surface area contributed by atoms with Gasteiger partial charge in [0.1, 0.15) is 0 Å². The summed E-state index contributed by atoms with van der Waals surface area (Å²) >= 11 is 0. The first-order valence-corrected chi connectivity index (χ1v) is 3.00. The van der Waals surface area contributed by atoms with Crippen molar-refractivity contribution in [1.29, 1.82) is 0 Å². The Hall–Kier alpha value is -0.0800. The van der Waals surface area contributed by atoms with Crippen molar-refractivity contribution in [2.75, 3.05) is 6.54 Å². The lowest BCUT2D eigenvalue weighted by atomic mass is 10.1. The third-order valence-electron chi connectivity index (χ3n) is 0.573. The molecular formula is C6H15N2. The Morgan fingerprint density at radius 2 is 1.88 bits per heavy atom. The molecule has 0 fully saturated rings. The Kier molecular flexibility index (Phi) is 3.02. The van der Waals surface area contributed by atoms with Crippen LogP contribution in [0.25, 0.3) is 0 Å². The minimum atomic E-state index is 0.135. The molecule has 0 saturated carbocycles. The summed E-state index contributed by atoms with van der Waals surface area (Å²) in [6, 6.07) is 0. The molecule has 0 saturated heterocycles. The molecule has 0 unspecified atom stereocenters. The lowest BCUT2D eigenvalue weighted by Crippen LogP contribution is -2.41. The van der Waals surface area contributed by atoms with Gasteiger partial charge >= 0.3 is 0 Å². The summed E-state index contributed by atoms with van der Waals surface area (Å²) < 4.78 is 0. The molecule has 0 aliphatic rings. The first-order valence-electron chi connectivity index (χ1n) is 3.00. The number of rotatable bonds is 2. The van der Waals surface area contributed by atoms with E-state index in [1.165, 1.54) is 0 Å². The van der Waals surface area contributed by atoms with Crippen molar-refractivity contribution < 1.29 is 0 Å². The molecule has 8 heavy (non-hydrogen) atoms. The minimum absolute atomic E-state index is 0.135. The van der Waals surface area contributed by atoms with Gasteiger partial charge in [-0.25, -0.2) is 5.43 Å². The Morgan fingerprint density at radius 1 is 1.38 bits per heavy atom. The number of hydrogen-bond donors (Lipinski definition) is 1. The van der Waals surface area contributed by atoms with E-state index in [1.807, 2.05) is 6.92 Å². The Bertz CT molecular complexity index is 54.0. The fraction of sp³-hybridized carbons (Fsp3) is 1.00. The maximum atomic E-state index is 3.99. The molecule has 0 amide bonds. The van der Waals surface area contributed by atoms with Crippen molar-refractivity contribution in [2.45, 2.75) is 33.2 Å². The molecule has 1 N–H and O–H groups in total. The van der Waals surface area contributed by atoms with Crippen LogP contribution in [-0.2, 0) is 0 Å². The number of nitrogens with zero attached hydrogens (tertiary/aromatic N) is 1. The molecule has 0 aromatic carbocycles. The summed E-state index contributed by atoms with van der Waals surface area (Å²) in [5.74, 6) is 0. The van der Waals surface area contributed by atoms with Gasteiger partial charge in [-0.3, -0.25) is 0 Å². The highest BCUT2D eigenvalue weighted by atomic mass is 15.4. The highest BCUT2D eigenvalue weighted by molar-refractivity contribution is 4.65. The molecule has 2 nitrogen and oxygen atoms in total. The van der Waals surface area contributed by atoms with Gasteiger partial charge in [0.05, 0.1) is 0 Å². The topological polar surface area (TPSA) is 26.1 Å². The zero-order valence-electron chi connectivity index (χ0n) is 6.15. The first kappa shape index (κ1) is 7.92. The van der Waals surface area contributed by atoms with Gasteiger partial charge in [-0.05, 0) is 27.7 Å². The molecule has 0 heterocycles. The molecular weight excluding hydrogens is 100 g/mol. The van der Waals surface area contributed by atoms with Gasteiger partial charge in [-0.2, -0.15) is 5.43 Å². The van der Waals surface area contributed by atoms with Crippen LogP contribution in [0.3, 0.4) is 0 Å². The van der Waals surface area contributed by atoms with Gasteiger partial charge in [0.15, 0.2) is 0 Å². The highest BCUT2D eigenvalue weighted by Crippen LogP contribution is 1.94. The molecule has 0 rings (SSSR count). The average molecular weight is 115 g/mol. The van der Waals surface area contributed by atoms with Crippen LogP contribution in [0.4, 0.5) is 0 Å². The van der Waals surface area contributed by atoms with Crippen molar-refractivity contribution >= 4 is 0 Å². The van der Waals surface area contributed by atoms with Crippen molar-refractivity contribution in [3.05, 3.63) is 0 Å². The van der Waals surface area contributed by atoms with Crippen LogP contribution >= 0.6 is 0 Å². The first-order chi connectivity index (χ1) is 3.56. The second-order valence-electron chi connectivity index (χ2n) is 2.84. The van der Waals surface area contributed by atoms with Crippen LogP contribution in [0.5, 0.6) is 0 Å². The van der Waals surface area contributed by atoms with E-state index < -0.39 is 0 Å². The molecule has 1 radical (unpaired) electrons. The van der Waals surface area contributed by atoms with Crippen molar-refractivity contribution in [2.24, 2.45) is 0 Å². The molecule has 0 aliphatic carbocycles. The Balaban J connectivity index is 3.11. The normalized spacial score (nSPS) is 12.0. The Labute approximate surface area is 51.6 Å². The summed E-state index contributed by atoms with van der Waals surface area (Å²) in [6.07, 6.45) is 0. The molecule has 0 aliphatic heterocycles. The fourth-order valence-corrected chi connectivity index (χ4v) is 0.316. The maximum Gasteiger partial charge on any atom is 0.0276 e. The van der Waals surface area contributed by atoms with Gasteiger partial charge in [-0.15, -0.1) is 0 Å². The van der Waals surface area contributed by atoms with E-state index in [-0.39, 0.29) is 5.54 Å². The monoisotopic (exact) mass is 115 g/mol. The standard InChI is InChI=1S/C6H15N2/c1-5-7-8-6(2,3)4/h8H,5H2,1-4H3. The third-order valence-corrected chi connectivity index (χ3v) is 0.573. The van der Waals surface area contributed by atoms with E-state index in [0.29, 0.717) is 0 Å². The highest BCUT2D eigenvalue weighted by Gasteiger charge is 2.06. The zero-order chi connectivity index (χ0) is 6.62. The fourth-order valence-electron chi connectivity index (χ4n) is 0.316. The Morgan fingerprint density at radius 3 is 2.00 bits per heavy atom. The van der Waals surface area contributed by atoms with Gasteiger partial charge in [-0.1, -0.05) is 0 Å². The van der Waals surface area contributed by atoms with Crippen molar-refractivity contribution in [3.8, 4) is 0 Å². The molecule has 0 aromatic heterocycles. The van der Waals surface area contributed by atoms with Crippen LogP contribution < -0.4 is 10.9 Å². The molecule has 0 bridgehead atoms. The predicted octanol–water partition coefficient (Wildman–Crippen LogP) is 0.914. The smallest absolute Gasteiger partial charge is 0.0276 e. The van der Waals surface area contributed by atoms with E-state index >= 15 is 0 Å². The predicted molar refractivity (Wildman–Crippen MR) is 35.6 cm³/mol. The summed E-state index contributed by atoms with van der Waals surface area (Å²) in [4.78, 5) is 0. The van der Waals surface area contributed by atoms with Gasteiger partial charge in [0, 0.05) is 12.1 Å². The summed E-state index contributed by atoms with van der Waals surface area (Å²) in [5, 5.41) is 0. The van der Waals surface area contributed by atoms with Gasteiger partial charge in [0.25, 0.3) is 0 Å². The van der Waals surface area contributed by atoms with Crippen LogP contribution in [0, 0.1) is 0 Å². The lowest BCUT2D eigenvalue weighted by molar-refractivity contribution is 0.357. The lowest BCUT2D eigenvalue weighted by Gasteiger charge is -2.18. The third kappa shape index (κ3) is 5.92. The second kappa shape index (κ2) is 3.05. The number of nitrogens with one attached hydrogen (secondary N) is 1. The average Bonchev–Trinajstić information content (AvgIpc) is 1.59. The van der Waals surface area contributed by atoms with Crippen LogP contribution in [-0.4, -0.2) is 12.1 Å². The number of hydrogen-bond acceptors (Lipinski definition) is 1. The zero-order valence-corrected chi connectivity index (χ0v) is 6.15. The van der Waals surface area contributed by atoms with E-state index in [0.717, 1.165) is 6.54 Å². The maximum absolute atomic E-state index is 3.99. The van der Waals surface area contributed by atoms with Crippen LogP contribution in [0.1, 0.15) is 27.7 Å². The molecule has 0 spiro atoms. The van der Waals surface area contributed by atoms with Crippen molar-refractivity contribution in [3.63, 3.8) is 0 Å². The second-order valence-corrected chi connectivity index (χ2v) is 2.84. The minimum Gasteiger partial charge on any atom is -0.235 e. The van der Waals surface area contributed by atoms with E-state index in [2.05, 4.69) is 31.6 Å². The molecule has 2 heteroatoms. The van der Waals surface area contributed by atoms with Crippen molar-refractivity contribution in [1.82, 2.24) is 10.9 Å². The van der Waals surface area contributed by atoms with E-state index in [4.69, 9.17) is 0 Å². The summed E-state index contributed by atoms with van der Waals surface area (Å²) in [7, 11) is 0.